The Morgan fingerprint density at radius 1 is 1.11 bits per heavy atom. The number of morpholine rings is 1. The molecule has 6 aliphatic heterocycles. The number of primary amides is 1. The van der Waals surface area contributed by atoms with E-state index in [1.807, 2.05) is 29.6 Å². The number of thioether (sulfide) groups is 2. The van der Waals surface area contributed by atoms with Crippen LogP contribution < -0.4 is 49.0 Å². The summed E-state index contributed by atoms with van der Waals surface area (Å²) in [6.07, 6.45) is 7.98. The van der Waals surface area contributed by atoms with E-state index in [4.69, 9.17) is 10.5 Å². The van der Waals surface area contributed by atoms with Gasteiger partial charge in [0.25, 0.3) is 0 Å². The normalized spacial score (nSPS) is 46.5. The smallest absolute Gasteiger partial charge is 0.226 e. The molecule has 0 radical (unpaired) electrons. The summed E-state index contributed by atoms with van der Waals surface area (Å²) >= 11 is 3.80. The number of nitrogens with zero attached hydrogens (tertiary/aromatic N) is 2. The van der Waals surface area contributed by atoms with Crippen LogP contribution in [0, 0.1) is 23.7 Å². The van der Waals surface area contributed by atoms with E-state index in [0.29, 0.717) is 36.5 Å². The van der Waals surface area contributed by atoms with Gasteiger partial charge < -0.3 is 21.1 Å². The van der Waals surface area contributed by atoms with Crippen molar-refractivity contribution in [3.05, 3.63) is 11.1 Å². The van der Waals surface area contributed by atoms with Crippen molar-refractivity contribution in [1.29, 1.82) is 0 Å². The van der Waals surface area contributed by atoms with E-state index < -0.39 is 5.92 Å². The molecule has 0 aromatic heterocycles. The molecular weight excluding hydrogens is 627 g/mol. The minimum atomic E-state index is -0.470. The van der Waals surface area contributed by atoms with Gasteiger partial charge in [-0.05, 0) is 49.2 Å². The molecule has 13 atom stereocenters. The van der Waals surface area contributed by atoms with Crippen LogP contribution in [0.4, 0.5) is 0 Å². The van der Waals surface area contributed by atoms with Crippen LogP contribution in [0.5, 0.6) is 0 Å². The molecule has 0 spiro atoms. The van der Waals surface area contributed by atoms with Gasteiger partial charge in [-0.2, -0.15) is 5.01 Å². The number of ether oxygens (including phenoxy) is 1. The molecule has 5 saturated heterocycles. The summed E-state index contributed by atoms with van der Waals surface area (Å²) in [6.45, 7) is 4.64. The van der Waals surface area contributed by atoms with E-state index >= 15 is 0 Å². The molecule has 12 N–H and O–H groups in total. The number of hydrogen-bond acceptors (Lipinski definition) is 14. The average molecular weight is 679 g/mol. The Bertz CT molecular complexity index is 1180. The number of quaternary nitrogens is 1. The van der Waals surface area contributed by atoms with E-state index in [2.05, 4.69) is 53.2 Å². The van der Waals surface area contributed by atoms with Gasteiger partial charge in [-0.1, -0.05) is 6.42 Å². The monoisotopic (exact) mass is 678 g/mol. The summed E-state index contributed by atoms with van der Waals surface area (Å²) in [5, 5.41) is 18.7. The van der Waals surface area contributed by atoms with Crippen molar-refractivity contribution in [3.63, 3.8) is 0 Å². The van der Waals surface area contributed by atoms with E-state index in [0.717, 1.165) is 69.3 Å². The molecular formula is C30H52N11O3S2+. The van der Waals surface area contributed by atoms with Crippen molar-refractivity contribution in [2.75, 3.05) is 45.3 Å². The van der Waals surface area contributed by atoms with E-state index in [-0.39, 0.29) is 52.9 Å². The molecule has 7 fully saturated rings. The number of nitrogens with two attached hydrogens (primary N) is 1. The second kappa shape index (κ2) is 13.7. The van der Waals surface area contributed by atoms with Crippen LogP contribution in [0.2, 0.25) is 0 Å². The lowest BCUT2D eigenvalue weighted by molar-refractivity contribution is -0.431. The maximum Gasteiger partial charge on any atom is 0.226 e. The molecule has 256 valence electrons. The van der Waals surface area contributed by atoms with Crippen molar-refractivity contribution < 1.29 is 20.1 Å². The predicted molar refractivity (Wildman–Crippen MR) is 177 cm³/mol. The third-order valence-electron chi connectivity index (χ3n) is 11.8. The number of hydrazine groups is 2. The number of fused-ring (bicyclic) bond motifs is 3. The highest BCUT2D eigenvalue weighted by Gasteiger charge is 2.54. The number of carbonyl (C=O) groups is 2. The van der Waals surface area contributed by atoms with Crippen LogP contribution in [0.3, 0.4) is 0 Å². The van der Waals surface area contributed by atoms with Gasteiger partial charge in [-0.3, -0.25) is 41.7 Å². The lowest BCUT2D eigenvalue weighted by Crippen LogP contribution is -2.79. The third-order valence-corrected chi connectivity index (χ3v) is 15.0. The fourth-order valence-electron chi connectivity index (χ4n) is 9.43. The fraction of sp³-hybridized carbons (Fsp3) is 0.867. The maximum atomic E-state index is 13.4. The standard InChI is InChI=1S/C30H51N11O3S2/c31-18-3-1-2-4-19(18)37-30-38-28(23(27(32)43)29-33-14-35-41(29)30)36-20-10-15(9-16-12-34-39-24(16)20)17-13-45-26-21(42)11-22(46-25(17)26)40-5-7-44-8-6-40/h11,15-20,23-26,28-30,33-39H,1-10,12-14,31H2,(H2,32,43)/p+1/t15?,16?,17?,18-,19+,20?,23?,24?,25?,26?,28?,29?,30?/m1/s1. The number of ketones is 1. The highest BCUT2D eigenvalue weighted by molar-refractivity contribution is 8.07. The largest absolute Gasteiger partial charge is 0.378 e. The molecule has 14 nitrogen and oxygen atoms in total. The summed E-state index contributed by atoms with van der Waals surface area (Å²) in [5.74, 6) is 1.92. The second-order valence-electron chi connectivity index (χ2n) is 14.5. The Balaban J connectivity index is 1.01. The van der Waals surface area contributed by atoms with Crippen LogP contribution in [-0.2, 0) is 14.3 Å². The lowest BCUT2D eigenvalue weighted by atomic mass is 9.70. The minimum Gasteiger partial charge on any atom is -0.378 e. The number of amides is 1. The molecule has 2 aliphatic carbocycles. The van der Waals surface area contributed by atoms with Gasteiger partial charge >= 0.3 is 0 Å². The molecule has 0 aromatic carbocycles. The number of allylic oxidation sites excluding steroid dienone is 1. The number of carbonyl (C=O) groups excluding carboxylic acids is 2. The van der Waals surface area contributed by atoms with Crippen molar-refractivity contribution >= 4 is 35.2 Å². The zero-order valence-electron chi connectivity index (χ0n) is 26.5. The molecule has 16 heteroatoms. The van der Waals surface area contributed by atoms with Gasteiger partial charge in [0.2, 0.25) is 5.91 Å². The number of hydrogen-bond donors (Lipinski definition) is 9. The summed E-state index contributed by atoms with van der Waals surface area (Å²) in [4.78, 5) is 28.8. The van der Waals surface area contributed by atoms with Crippen molar-refractivity contribution in [2.24, 2.45) is 29.4 Å². The van der Waals surface area contributed by atoms with Crippen LogP contribution >= 0.6 is 23.5 Å². The van der Waals surface area contributed by atoms with Gasteiger partial charge in [-0.25, -0.2) is 5.43 Å². The summed E-state index contributed by atoms with van der Waals surface area (Å²) < 4.78 is 5.59. The Kier molecular flexibility index (Phi) is 9.60. The summed E-state index contributed by atoms with van der Waals surface area (Å²) in [6, 6.07) is 1.05. The van der Waals surface area contributed by atoms with Gasteiger partial charge in [0.05, 0.1) is 60.5 Å². The van der Waals surface area contributed by atoms with E-state index in [1.165, 1.54) is 12.8 Å². The maximum absolute atomic E-state index is 13.4. The topological polar surface area (TPSA) is 188 Å². The van der Waals surface area contributed by atoms with Crippen molar-refractivity contribution in [2.45, 2.75) is 91.8 Å². The van der Waals surface area contributed by atoms with Crippen LogP contribution in [-0.4, -0.2) is 120 Å². The second-order valence-corrected chi connectivity index (χ2v) is 16.9. The van der Waals surface area contributed by atoms with E-state index in [9.17, 15) is 9.59 Å². The molecule has 0 bridgehead atoms. The van der Waals surface area contributed by atoms with E-state index in [1.54, 1.807) is 0 Å². The molecule has 11 unspecified atom stereocenters. The highest BCUT2D eigenvalue weighted by atomic mass is 32.2. The first-order valence-corrected chi connectivity index (χ1v) is 19.4. The molecule has 0 aromatic rings. The zero-order valence-corrected chi connectivity index (χ0v) is 28.1. The van der Waals surface area contributed by atoms with Gasteiger partial charge in [0.15, 0.2) is 5.78 Å². The summed E-state index contributed by atoms with van der Waals surface area (Å²) in [7, 11) is 0. The summed E-state index contributed by atoms with van der Waals surface area (Å²) in [5.41, 5.74) is 21.1. The third kappa shape index (κ3) is 6.15. The quantitative estimate of drug-likeness (QED) is 0.134. The zero-order chi connectivity index (χ0) is 31.4. The predicted octanol–water partition coefficient (Wildman–Crippen LogP) is -2.81. The van der Waals surface area contributed by atoms with Gasteiger partial charge in [-0.15, -0.1) is 23.5 Å². The minimum absolute atomic E-state index is 0.0402. The SMILES string of the molecule is NC(=O)C1C(NC2CC(C3CSC4C(=O)C=C(N5CCOCC5)SC43)CC3CNNC32)NC(N[C@H]2CCCC[C@H]2[NH3+])N2NCNC12. The van der Waals surface area contributed by atoms with Crippen LogP contribution in [0.15, 0.2) is 11.1 Å². The Morgan fingerprint density at radius 2 is 1.96 bits per heavy atom. The Hall–Kier alpha value is -1.02. The Morgan fingerprint density at radius 3 is 2.78 bits per heavy atom. The first kappa shape index (κ1) is 32.2. The molecule has 8 rings (SSSR count). The molecule has 1 amide bonds. The number of nitrogens with one attached hydrogen (secondary N) is 7. The lowest BCUT2D eigenvalue weighted by Gasteiger charge is -2.50. The molecule has 46 heavy (non-hydrogen) atoms. The molecule has 8 aliphatic rings. The van der Waals surface area contributed by atoms with Crippen LogP contribution in [0.1, 0.15) is 38.5 Å². The molecule has 6 heterocycles. The van der Waals surface area contributed by atoms with Gasteiger partial charge in [0.1, 0.15) is 6.29 Å². The number of rotatable bonds is 7. The first-order valence-electron chi connectivity index (χ1n) is 17.5. The Labute approximate surface area is 279 Å². The van der Waals surface area contributed by atoms with Crippen molar-refractivity contribution in [1.82, 2.24) is 47.5 Å². The fourth-order valence-corrected chi connectivity index (χ4v) is 13.0. The first-order chi connectivity index (χ1) is 22.4. The van der Waals surface area contributed by atoms with Crippen LogP contribution in [0.25, 0.3) is 0 Å². The van der Waals surface area contributed by atoms with Gasteiger partial charge in [0, 0.05) is 49.5 Å². The highest BCUT2D eigenvalue weighted by Crippen LogP contribution is 2.52. The van der Waals surface area contributed by atoms with Crippen molar-refractivity contribution in [3.8, 4) is 0 Å². The average Bonchev–Trinajstić information content (AvgIpc) is 3.83. The molecule has 2 saturated carbocycles.